The lowest BCUT2D eigenvalue weighted by atomic mass is 9.80. The van der Waals surface area contributed by atoms with Crippen LogP contribution in [0.3, 0.4) is 0 Å². The number of anilines is 1. The Morgan fingerprint density at radius 1 is 0.972 bits per heavy atom. The van der Waals surface area contributed by atoms with E-state index < -0.39 is 72.5 Å². The van der Waals surface area contributed by atoms with E-state index in [2.05, 4.69) is 4.74 Å². The van der Waals surface area contributed by atoms with Crippen molar-refractivity contribution in [3.63, 3.8) is 0 Å². The topological polar surface area (TPSA) is 104 Å². The summed E-state index contributed by atoms with van der Waals surface area (Å²) >= 11 is 0. The lowest BCUT2D eigenvalue weighted by Crippen LogP contribution is -2.47. The number of alkyl halides is 6. The quantitative estimate of drug-likeness (QED) is 0.372. The van der Waals surface area contributed by atoms with Crippen molar-refractivity contribution >= 4 is 29.4 Å². The molecule has 2 aromatic carbocycles. The first kappa shape index (κ1) is 25.0. The van der Waals surface area contributed by atoms with E-state index in [9.17, 15) is 50.6 Å². The number of carboxylic acids is 1. The van der Waals surface area contributed by atoms with Crippen LogP contribution in [0.5, 0.6) is 5.75 Å². The van der Waals surface area contributed by atoms with Crippen molar-refractivity contribution in [3.8, 4) is 5.75 Å². The molecule has 14 heteroatoms. The number of carboxylic acid groups (broad SMARTS) is 1. The van der Waals surface area contributed by atoms with Crippen LogP contribution in [0.1, 0.15) is 23.1 Å². The molecule has 3 amide bonds. The summed E-state index contributed by atoms with van der Waals surface area (Å²) in [5.74, 6) is -5.65. The van der Waals surface area contributed by atoms with Crippen LogP contribution in [-0.4, -0.2) is 46.6 Å². The van der Waals surface area contributed by atoms with Gasteiger partial charge in [-0.3, -0.25) is 29.0 Å². The fraction of sp³-hybridized carbons (Fsp3) is 0.273. The van der Waals surface area contributed by atoms with Gasteiger partial charge in [0.1, 0.15) is 12.3 Å². The minimum absolute atomic E-state index is 0.0919. The molecule has 1 N–H and O–H groups in total. The zero-order valence-corrected chi connectivity index (χ0v) is 17.8. The van der Waals surface area contributed by atoms with E-state index in [0.29, 0.717) is 15.9 Å². The average molecular weight is 516 g/mol. The van der Waals surface area contributed by atoms with Crippen LogP contribution >= 0.6 is 0 Å². The highest BCUT2D eigenvalue weighted by Crippen LogP contribution is 2.50. The molecule has 0 aliphatic carbocycles. The van der Waals surface area contributed by atoms with Gasteiger partial charge in [-0.15, -0.1) is 13.2 Å². The highest BCUT2D eigenvalue weighted by atomic mass is 19.4. The van der Waals surface area contributed by atoms with Crippen LogP contribution in [0.15, 0.2) is 42.5 Å². The third-order valence-corrected chi connectivity index (χ3v) is 5.78. The number of rotatable bonds is 5. The maximum atomic E-state index is 13.5. The molecule has 190 valence electrons. The van der Waals surface area contributed by atoms with Gasteiger partial charge in [-0.2, -0.15) is 13.2 Å². The Hall–Kier alpha value is -4.10. The Kier molecular flexibility index (Phi) is 5.72. The Balaban J connectivity index is 1.77. The molecular weight excluding hydrogens is 502 g/mol. The number of hydrogen-bond acceptors (Lipinski definition) is 5. The maximum Gasteiger partial charge on any atom is 0.573 e. The van der Waals surface area contributed by atoms with Crippen molar-refractivity contribution in [1.29, 1.82) is 0 Å². The Labute approximate surface area is 197 Å². The summed E-state index contributed by atoms with van der Waals surface area (Å²) in [4.78, 5) is 52.1. The van der Waals surface area contributed by atoms with Gasteiger partial charge in [0.2, 0.25) is 17.7 Å². The smallest absolute Gasteiger partial charge is 0.480 e. The number of amides is 3. The first-order valence-corrected chi connectivity index (χ1v) is 10.1. The molecule has 4 rings (SSSR count). The van der Waals surface area contributed by atoms with E-state index in [1.165, 1.54) is 6.07 Å². The van der Waals surface area contributed by atoms with Crippen molar-refractivity contribution in [3.05, 3.63) is 59.2 Å². The van der Waals surface area contributed by atoms with Crippen molar-refractivity contribution in [2.24, 2.45) is 0 Å². The van der Waals surface area contributed by atoms with Crippen LogP contribution in [0, 0.1) is 0 Å². The van der Waals surface area contributed by atoms with Crippen LogP contribution in [0.2, 0.25) is 0 Å². The summed E-state index contributed by atoms with van der Waals surface area (Å²) in [5.41, 5.74) is -4.11. The lowest BCUT2D eigenvalue weighted by Gasteiger charge is -2.22. The number of ether oxygens (including phenoxy) is 1. The number of aliphatic carboxylic acids is 1. The Morgan fingerprint density at radius 3 is 2.25 bits per heavy atom. The van der Waals surface area contributed by atoms with Crippen molar-refractivity contribution in [2.45, 2.75) is 30.9 Å². The number of nitrogens with zero attached hydrogens (tertiary/aromatic N) is 2. The standard InChI is InChI=1S/C22H14F6N2O6/c23-21(24,25)12-3-1-2-11(6-12)9-30-16(31)8-20(19(30)35)14-7-13(36-22(26,27)28)4-5-15(14)29(18(20)34)10-17(32)33/h1-7H,8-10H2,(H,32,33). The second-order valence-corrected chi connectivity index (χ2v) is 8.08. The van der Waals surface area contributed by atoms with Crippen LogP contribution in [0.4, 0.5) is 32.0 Å². The van der Waals surface area contributed by atoms with Gasteiger partial charge >= 0.3 is 18.5 Å². The van der Waals surface area contributed by atoms with Gasteiger partial charge in [0.05, 0.1) is 18.5 Å². The zero-order valence-electron chi connectivity index (χ0n) is 17.8. The molecule has 36 heavy (non-hydrogen) atoms. The third kappa shape index (κ3) is 4.22. The maximum absolute atomic E-state index is 13.5. The molecule has 1 fully saturated rings. The molecule has 0 saturated carbocycles. The number of carbonyl (C=O) groups excluding carboxylic acids is 3. The normalized spacial score (nSPS) is 19.9. The summed E-state index contributed by atoms with van der Waals surface area (Å²) in [6.45, 7) is -1.61. The number of likely N-dealkylation sites (tertiary alicyclic amines) is 1. The van der Waals surface area contributed by atoms with Crippen LogP contribution in [-0.2, 0) is 37.3 Å². The Morgan fingerprint density at radius 2 is 1.64 bits per heavy atom. The highest BCUT2D eigenvalue weighted by Gasteiger charge is 2.64. The van der Waals surface area contributed by atoms with Crippen molar-refractivity contribution in [1.82, 2.24) is 4.90 Å². The predicted octanol–water partition coefficient (Wildman–Crippen LogP) is 3.23. The van der Waals surface area contributed by atoms with Crippen LogP contribution < -0.4 is 9.64 Å². The van der Waals surface area contributed by atoms with E-state index in [1.54, 1.807) is 0 Å². The summed E-state index contributed by atoms with van der Waals surface area (Å²) in [6, 6.07) is 6.26. The molecule has 0 bridgehead atoms. The lowest BCUT2D eigenvalue weighted by molar-refractivity contribution is -0.274. The number of carbonyl (C=O) groups is 4. The van der Waals surface area contributed by atoms with Gasteiger partial charge in [0.15, 0.2) is 5.41 Å². The molecule has 0 aromatic heterocycles. The fourth-order valence-electron chi connectivity index (χ4n) is 4.34. The summed E-state index contributed by atoms with van der Waals surface area (Å²) in [6.07, 6.45) is -10.7. The number of imide groups is 1. The molecule has 0 radical (unpaired) electrons. The predicted molar refractivity (Wildman–Crippen MR) is 106 cm³/mol. The number of hydrogen-bond donors (Lipinski definition) is 1. The monoisotopic (exact) mass is 516 g/mol. The highest BCUT2D eigenvalue weighted by molar-refractivity contribution is 6.29. The first-order chi connectivity index (χ1) is 16.6. The van der Waals surface area contributed by atoms with E-state index in [1.807, 2.05) is 0 Å². The zero-order chi connectivity index (χ0) is 26.6. The minimum atomic E-state index is -5.13. The van der Waals surface area contributed by atoms with Crippen molar-refractivity contribution in [2.75, 3.05) is 11.4 Å². The molecule has 1 saturated heterocycles. The van der Waals surface area contributed by atoms with Gasteiger partial charge in [-0.05, 0) is 35.9 Å². The molecule has 2 aromatic rings. The van der Waals surface area contributed by atoms with Gasteiger partial charge < -0.3 is 9.84 Å². The SMILES string of the molecule is O=C(O)CN1C(=O)C2(CC(=O)N(Cc3cccc(C(F)(F)F)c3)C2=O)c2cc(OC(F)(F)F)ccc21. The number of fused-ring (bicyclic) bond motifs is 2. The van der Waals surface area contributed by atoms with Gasteiger partial charge in [0.25, 0.3) is 0 Å². The number of benzene rings is 2. The molecule has 1 unspecified atom stereocenters. The van der Waals surface area contributed by atoms with Gasteiger partial charge in [-0.1, -0.05) is 12.1 Å². The molecule has 1 spiro atoms. The summed E-state index contributed by atoms with van der Waals surface area (Å²) < 4.78 is 81.3. The second kappa shape index (κ2) is 8.24. The minimum Gasteiger partial charge on any atom is -0.480 e. The largest absolute Gasteiger partial charge is 0.573 e. The van der Waals surface area contributed by atoms with Crippen molar-refractivity contribution < 1.29 is 55.4 Å². The molecule has 2 aliphatic rings. The third-order valence-electron chi connectivity index (χ3n) is 5.78. The van der Waals surface area contributed by atoms with E-state index >= 15 is 0 Å². The number of halogens is 6. The first-order valence-electron chi connectivity index (χ1n) is 10.1. The molecule has 1 atom stereocenters. The van der Waals surface area contributed by atoms with E-state index in [-0.39, 0.29) is 16.8 Å². The summed E-state index contributed by atoms with van der Waals surface area (Å²) in [7, 11) is 0. The summed E-state index contributed by atoms with van der Waals surface area (Å²) in [5, 5.41) is 9.19. The molecule has 2 heterocycles. The molecule has 2 aliphatic heterocycles. The van der Waals surface area contributed by atoms with E-state index in [0.717, 1.165) is 30.3 Å². The van der Waals surface area contributed by atoms with E-state index in [4.69, 9.17) is 0 Å². The molecule has 8 nitrogen and oxygen atoms in total. The molecular formula is C22H14F6N2O6. The second-order valence-electron chi connectivity index (χ2n) is 8.08. The van der Waals surface area contributed by atoms with Gasteiger partial charge in [0, 0.05) is 11.3 Å². The fourth-order valence-corrected chi connectivity index (χ4v) is 4.34. The van der Waals surface area contributed by atoms with Gasteiger partial charge in [-0.25, -0.2) is 0 Å². The van der Waals surface area contributed by atoms with Crippen LogP contribution in [0.25, 0.3) is 0 Å². The average Bonchev–Trinajstić information content (AvgIpc) is 3.13. The Bertz CT molecular complexity index is 1290.